The summed E-state index contributed by atoms with van der Waals surface area (Å²) in [6, 6.07) is 10.5. The Kier molecular flexibility index (Phi) is 5.84. The molecule has 4 aromatic rings. The summed E-state index contributed by atoms with van der Waals surface area (Å²) in [6.07, 6.45) is 5.90. The highest BCUT2D eigenvalue weighted by Crippen LogP contribution is 2.48. The van der Waals surface area contributed by atoms with Crippen molar-refractivity contribution in [3.05, 3.63) is 77.0 Å². The summed E-state index contributed by atoms with van der Waals surface area (Å²) < 4.78 is 45.2. The molecule has 3 aliphatic rings. The van der Waals surface area contributed by atoms with E-state index < -0.39 is 17.5 Å². The van der Waals surface area contributed by atoms with Gasteiger partial charge >= 0.3 is 0 Å². The fourth-order valence-corrected chi connectivity index (χ4v) is 6.50. The summed E-state index contributed by atoms with van der Waals surface area (Å²) in [5.74, 6) is -1.04. The Bertz CT molecular complexity index is 1650. The number of nitriles is 1. The lowest BCUT2D eigenvalue weighted by atomic mass is 9.62. The van der Waals surface area contributed by atoms with E-state index in [-0.39, 0.29) is 56.4 Å². The van der Waals surface area contributed by atoms with Crippen molar-refractivity contribution >= 4 is 22.4 Å². The van der Waals surface area contributed by atoms with Crippen LogP contribution in [-0.4, -0.2) is 16.0 Å². The lowest BCUT2D eigenvalue weighted by Crippen LogP contribution is -2.47. The average Bonchev–Trinajstić information content (AvgIpc) is 3.35. The molecular formula is C30H24F3N5. The minimum atomic E-state index is -0.779. The first-order valence-electron chi connectivity index (χ1n) is 12.7. The van der Waals surface area contributed by atoms with Gasteiger partial charge < -0.3 is 10.3 Å². The number of aromatic nitrogens is 2. The number of hydrogen-bond acceptors (Lipinski definition) is 3. The smallest absolute Gasteiger partial charge is 0.223 e. The SMILES string of the molecule is [C-]#[N+]c1c(-c2c[nH]c3c(F)cc(F)cc23)nc(N[C@@H]2C3CCC(CC3)[C@H]2C)c(F)c1-c1ccccc1C#N. The van der Waals surface area contributed by atoms with Crippen molar-refractivity contribution in [2.24, 2.45) is 17.8 Å². The Morgan fingerprint density at radius 3 is 2.53 bits per heavy atom. The van der Waals surface area contributed by atoms with Gasteiger partial charge in [0.05, 0.1) is 29.4 Å². The van der Waals surface area contributed by atoms with Gasteiger partial charge in [-0.25, -0.2) is 23.0 Å². The second-order valence-corrected chi connectivity index (χ2v) is 10.3. The molecule has 0 amide bonds. The Labute approximate surface area is 218 Å². The largest absolute Gasteiger partial charge is 0.364 e. The molecule has 2 heterocycles. The molecular weight excluding hydrogens is 487 g/mol. The molecule has 38 heavy (non-hydrogen) atoms. The maximum Gasteiger partial charge on any atom is 0.223 e. The quantitative estimate of drug-likeness (QED) is 0.273. The van der Waals surface area contributed by atoms with Crippen LogP contribution >= 0.6 is 0 Å². The molecule has 2 aromatic heterocycles. The maximum absolute atomic E-state index is 16.4. The summed E-state index contributed by atoms with van der Waals surface area (Å²) in [4.78, 5) is 11.1. The summed E-state index contributed by atoms with van der Waals surface area (Å²) in [5, 5.41) is 13.3. The van der Waals surface area contributed by atoms with Gasteiger partial charge in [0.2, 0.25) is 5.69 Å². The van der Waals surface area contributed by atoms with Gasteiger partial charge in [-0.2, -0.15) is 5.26 Å². The molecule has 0 spiro atoms. The van der Waals surface area contributed by atoms with Crippen molar-refractivity contribution in [1.82, 2.24) is 9.97 Å². The minimum absolute atomic E-state index is 0.00746. The van der Waals surface area contributed by atoms with Crippen molar-refractivity contribution in [3.63, 3.8) is 0 Å². The number of hydrogen-bond donors (Lipinski definition) is 2. The van der Waals surface area contributed by atoms with E-state index in [1.54, 1.807) is 24.3 Å². The summed E-state index contributed by atoms with van der Waals surface area (Å²) in [6.45, 7) is 10.2. The molecule has 3 fully saturated rings. The first-order chi connectivity index (χ1) is 18.4. The third kappa shape index (κ3) is 3.71. The third-order valence-electron chi connectivity index (χ3n) is 8.44. The molecule has 2 N–H and O–H groups in total. The van der Waals surface area contributed by atoms with Crippen molar-refractivity contribution < 1.29 is 13.2 Å². The predicted octanol–water partition coefficient (Wildman–Crippen LogP) is 7.97. The van der Waals surface area contributed by atoms with Crippen molar-refractivity contribution in [3.8, 4) is 28.5 Å². The Morgan fingerprint density at radius 1 is 1.08 bits per heavy atom. The number of pyridine rings is 1. The van der Waals surface area contributed by atoms with Crippen LogP contribution in [0.25, 0.3) is 38.1 Å². The second kappa shape index (κ2) is 9.22. The Hall–Kier alpha value is -4.30. The average molecular weight is 512 g/mol. The standard InChI is InChI=1S/C30H24F3N5/c1-15-16-7-9-17(10-8-16)26(15)37-30-25(33)24(20-6-4-3-5-18(20)13-34)29(35-2)28(38-30)22-14-36-27-21(22)11-19(31)12-23(27)32/h3-6,11-12,14-17,26,36H,7-10H2,1H3,(H,37,38)/t15-,16?,17?,26+/m1/s1. The van der Waals surface area contributed by atoms with Crippen molar-refractivity contribution in [2.75, 3.05) is 5.32 Å². The van der Waals surface area contributed by atoms with Crippen LogP contribution in [0.3, 0.4) is 0 Å². The van der Waals surface area contributed by atoms with Crippen LogP contribution in [0.2, 0.25) is 0 Å². The highest BCUT2D eigenvalue weighted by molar-refractivity contribution is 6.02. The Balaban J connectivity index is 1.62. The number of aromatic amines is 1. The van der Waals surface area contributed by atoms with Crippen LogP contribution < -0.4 is 5.32 Å². The maximum atomic E-state index is 16.4. The number of rotatable bonds is 4. The molecule has 7 rings (SSSR count). The van der Waals surface area contributed by atoms with Gasteiger partial charge in [-0.05, 0) is 61.1 Å². The monoisotopic (exact) mass is 511 g/mol. The fraction of sp³-hybridized carbons (Fsp3) is 0.300. The normalized spacial score (nSPS) is 22.3. The van der Waals surface area contributed by atoms with Crippen LogP contribution in [0.4, 0.5) is 24.7 Å². The third-order valence-corrected chi connectivity index (χ3v) is 8.44. The zero-order valence-electron chi connectivity index (χ0n) is 20.7. The van der Waals surface area contributed by atoms with E-state index in [1.165, 1.54) is 12.3 Å². The van der Waals surface area contributed by atoms with Gasteiger partial charge in [0.25, 0.3) is 0 Å². The minimum Gasteiger partial charge on any atom is -0.364 e. The molecule has 8 heteroatoms. The molecule has 3 saturated carbocycles. The van der Waals surface area contributed by atoms with E-state index in [2.05, 4.69) is 33.1 Å². The number of nitrogens with one attached hydrogen (secondary N) is 2. The zero-order valence-corrected chi connectivity index (χ0v) is 20.7. The van der Waals surface area contributed by atoms with Crippen LogP contribution in [0, 0.1) is 53.1 Å². The number of nitrogens with zero attached hydrogens (tertiary/aromatic N) is 3. The number of halogens is 3. The molecule has 2 bridgehead atoms. The second-order valence-electron chi connectivity index (χ2n) is 10.3. The summed E-state index contributed by atoms with van der Waals surface area (Å²) >= 11 is 0. The molecule has 0 unspecified atom stereocenters. The van der Waals surface area contributed by atoms with Crippen LogP contribution in [0.5, 0.6) is 0 Å². The van der Waals surface area contributed by atoms with Gasteiger partial charge in [-0.15, -0.1) is 0 Å². The Morgan fingerprint density at radius 2 is 1.82 bits per heavy atom. The number of benzene rings is 2. The molecule has 190 valence electrons. The van der Waals surface area contributed by atoms with E-state index in [9.17, 15) is 14.0 Å². The molecule has 0 radical (unpaired) electrons. The van der Waals surface area contributed by atoms with E-state index in [0.717, 1.165) is 31.7 Å². The van der Waals surface area contributed by atoms with Crippen molar-refractivity contribution in [2.45, 2.75) is 38.6 Å². The van der Waals surface area contributed by atoms with Gasteiger partial charge in [-0.3, -0.25) is 0 Å². The molecule has 0 saturated heterocycles. The zero-order chi connectivity index (χ0) is 26.6. The number of H-pyrrole nitrogens is 1. The van der Waals surface area contributed by atoms with Gasteiger partial charge in [0, 0.05) is 34.8 Å². The van der Waals surface area contributed by atoms with Crippen LogP contribution in [0.1, 0.15) is 38.2 Å². The highest BCUT2D eigenvalue weighted by atomic mass is 19.1. The van der Waals surface area contributed by atoms with Gasteiger partial charge in [0.15, 0.2) is 11.6 Å². The summed E-state index contributed by atoms with van der Waals surface area (Å²) in [7, 11) is 0. The lowest BCUT2D eigenvalue weighted by molar-refractivity contribution is 0.0926. The van der Waals surface area contributed by atoms with Crippen LogP contribution in [-0.2, 0) is 0 Å². The summed E-state index contributed by atoms with van der Waals surface area (Å²) in [5.41, 5.74) is 0.734. The highest BCUT2D eigenvalue weighted by Gasteiger charge is 2.42. The van der Waals surface area contributed by atoms with Gasteiger partial charge in [0.1, 0.15) is 11.6 Å². The molecule has 5 nitrogen and oxygen atoms in total. The topological polar surface area (TPSA) is 68.9 Å². The van der Waals surface area contributed by atoms with E-state index >= 15 is 4.39 Å². The van der Waals surface area contributed by atoms with E-state index in [0.29, 0.717) is 17.8 Å². The molecule has 2 aromatic carbocycles. The fourth-order valence-electron chi connectivity index (χ4n) is 6.50. The lowest BCUT2D eigenvalue weighted by Gasteiger charge is -2.47. The van der Waals surface area contributed by atoms with Crippen molar-refractivity contribution in [1.29, 1.82) is 5.26 Å². The molecule has 3 aliphatic carbocycles. The molecule has 2 atom stereocenters. The van der Waals surface area contributed by atoms with Crippen LogP contribution in [0.15, 0.2) is 42.6 Å². The predicted molar refractivity (Wildman–Crippen MR) is 140 cm³/mol. The van der Waals surface area contributed by atoms with E-state index in [4.69, 9.17) is 6.57 Å². The number of fused-ring (bicyclic) bond motifs is 4. The van der Waals surface area contributed by atoms with Gasteiger partial charge in [-0.1, -0.05) is 25.1 Å². The van der Waals surface area contributed by atoms with E-state index in [1.807, 2.05) is 0 Å². The first kappa shape index (κ1) is 24.1. The first-order valence-corrected chi connectivity index (χ1v) is 12.7. The number of anilines is 1. The molecule has 0 aliphatic heterocycles.